The molecule has 2 aromatic rings. The average molecular weight is 394 g/mol. The third-order valence-corrected chi connectivity index (χ3v) is 3.96. The van der Waals surface area contributed by atoms with Gasteiger partial charge in [0.15, 0.2) is 17.6 Å². The Balaban J connectivity index is 2.05. The molecule has 0 aliphatic heterocycles. The molecule has 1 N–H and O–H groups in total. The second kappa shape index (κ2) is 9.14. The van der Waals surface area contributed by atoms with Crippen LogP contribution in [0.3, 0.4) is 0 Å². The Morgan fingerprint density at radius 2 is 1.67 bits per heavy atom. The Labute approximate surface area is 162 Å². The molecule has 27 heavy (non-hydrogen) atoms. The van der Waals surface area contributed by atoms with Crippen LogP contribution in [-0.4, -0.2) is 39.3 Å². The zero-order valence-corrected chi connectivity index (χ0v) is 16.1. The second-order valence-corrected chi connectivity index (χ2v) is 5.87. The van der Waals surface area contributed by atoms with Crippen molar-refractivity contribution in [2.24, 2.45) is 0 Å². The van der Waals surface area contributed by atoms with Crippen molar-refractivity contribution in [2.45, 2.75) is 13.0 Å². The number of halogens is 1. The van der Waals surface area contributed by atoms with Gasteiger partial charge in [-0.15, -0.1) is 0 Å². The van der Waals surface area contributed by atoms with Gasteiger partial charge in [-0.1, -0.05) is 11.6 Å². The predicted molar refractivity (Wildman–Crippen MR) is 101 cm³/mol. The molecular formula is C19H20ClNO6. The number of hydrogen-bond donors (Lipinski definition) is 1. The van der Waals surface area contributed by atoms with Crippen LogP contribution < -0.4 is 19.5 Å². The lowest BCUT2D eigenvalue weighted by Gasteiger charge is -2.15. The molecular weight excluding hydrogens is 374 g/mol. The summed E-state index contributed by atoms with van der Waals surface area (Å²) in [5.74, 6) is 0.0708. The minimum atomic E-state index is -1.02. The first-order valence-corrected chi connectivity index (χ1v) is 8.34. The zero-order valence-electron chi connectivity index (χ0n) is 15.4. The van der Waals surface area contributed by atoms with E-state index in [1.807, 2.05) is 0 Å². The van der Waals surface area contributed by atoms with Crippen LogP contribution in [0.15, 0.2) is 36.4 Å². The summed E-state index contributed by atoms with van der Waals surface area (Å²) in [4.78, 5) is 24.6. The minimum Gasteiger partial charge on any atom is -0.497 e. The smallest absolute Gasteiger partial charge is 0.339 e. The van der Waals surface area contributed by atoms with E-state index < -0.39 is 18.0 Å². The number of rotatable bonds is 7. The van der Waals surface area contributed by atoms with Gasteiger partial charge >= 0.3 is 5.97 Å². The van der Waals surface area contributed by atoms with Crippen LogP contribution in [-0.2, 0) is 9.53 Å². The van der Waals surface area contributed by atoms with Crippen molar-refractivity contribution >= 4 is 29.2 Å². The first-order valence-electron chi connectivity index (χ1n) is 7.97. The maximum Gasteiger partial charge on any atom is 0.339 e. The van der Waals surface area contributed by atoms with Crippen LogP contribution in [0.2, 0.25) is 5.02 Å². The summed E-state index contributed by atoms with van der Waals surface area (Å²) in [6.45, 7) is 1.47. The van der Waals surface area contributed by atoms with Gasteiger partial charge in [0.1, 0.15) is 5.75 Å². The van der Waals surface area contributed by atoms with Crippen LogP contribution >= 0.6 is 11.6 Å². The van der Waals surface area contributed by atoms with Crippen molar-refractivity contribution in [3.8, 4) is 17.2 Å². The highest BCUT2D eigenvalue weighted by Gasteiger charge is 2.21. The van der Waals surface area contributed by atoms with Crippen LogP contribution in [0, 0.1) is 0 Å². The SMILES string of the molecule is COc1ccc(NC(=O)C(C)OC(=O)c2cc(Cl)c(OC)c(OC)c2)cc1. The lowest BCUT2D eigenvalue weighted by molar-refractivity contribution is -0.123. The number of benzene rings is 2. The first kappa shape index (κ1) is 20.4. The molecule has 1 atom stereocenters. The maximum absolute atomic E-state index is 12.3. The summed E-state index contributed by atoms with van der Waals surface area (Å²) < 4.78 is 20.5. The highest BCUT2D eigenvalue weighted by Crippen LogP contribution is 2.36. The summed E-state index contributed by atoms with van der Waals surface area (Å²) in [6.07, 6.45) is -1.02. The average Bonchev–Trinajstić information content (AvgIpc) is 2.67. The van der Waals surface area contributed by atoms with E-state index in [2.05, 4.69) is 5.32 Å². The second-order valence-electron chi connectivity index (χ2n) is 5.46. The first-order chi connectivity index (χ1) is 12.9. The largest absolute Gasteiger partial charge is 0.497 e. The topological polar surface area (TPSA) is 83.1 Å². The fraction of sp³-hybridized carbons (Fsp3) is 0.263. The lowest BCUT2D eigenvalue weighted by Crippen LogP contribution is -2.30. The predicted octanol–water partition coefficient (Wildman–Crippen LogP) is 3.55. The Morgan fingerprint density at radius 1 is 1.00 bits per heavy atom. The number of methoxy groups -OCH3 is 3. The van der Waals surface area contributed by atoms with E-state index in [0.29, 0.717) is 17.2 Å². The van der Waals surface area contributed by atoms with Gasteiger partial charge in [-0.2, -0.15) is 0 Å². The Morgan fingerprint density at radius 3 is 2.22 bits per heavy atom. The van der Waals surface area contributed by atoms with E-state index in [0.717, 1.165) is 0 Å². The summed E-state index contributed by atoms with van der Waals surface area (Å²) in [5.41, 5.74) is 0.694. The lowest BCUT2D eigenvalue weighted by atomic mass is 10.2. The molecule has 0 bridgehead atoms. The van der Waals surface area contributed by atoms with E-state index in [1.165, 1.54) is 33.3 Å². The minimum absolute atomic E-state index is 0.141. The highest BCUT2D eigenvalue weighted by molar-refractivity contribution is 6.32. The van der Waals surface area contributed by atoms with E-state index >= 15 is 0 Å². The molecule has 0 fully saturated rings. The van der Waals surface area contributed by atoms with Crippen LogP contribution in [0.25, 0.3) is 0 Å². The Kier molecular flexibility index (Phi) is 6.90. The highest BCUT2D eigenvalue weighted by atomic mass is 35.5. The van der Waals surface area contributed by atoms with Crippen LogP contribution in [0.5, 0.6) is 17.2 Å². The number of hydrogen-bond acceptors (Lipinski definition) is 6. The molecule has 8 heteroatoms. The number of esters is 1. The van der Waals surface area contributed by atoms with Gasteiger partial charge in [-0.25, -0.2) is 4.79 Å². The summed E-state index contributed by atoms with van der Waals surface area (Å²) in [5, 5.41) is 2.85. The number of carbonyl (C=O) groups is 2. The fourth-order valence-corrected chi connectivity index (χ4v) is 2.52. The molecule has 0 aromatic heterocycles. The maximum atomic E-state index is 12.3. The molecule has 144 valence electrons. The molecule has 0 aliphatic rings. The number of amides is 1. The fourth-order valence-electron chi connectivity index (χ4n) is 2.24. The number of anilines is 1. The molecule has 2 rings (SSSR count). The molecule has 1 unspecified atom stereocenters. The summed E-state index contributed by atoms with van der Waals surface area (Å²) >= 11 is 6.09. The van der Waals surface area contributed by atoms with Gasteiger partial charge in [0.25, 0.3) is 5.91 Å². The molecule has 0 spiro atoms. The number of nitrogens with one attached hydrogen (secondary N) is 1. The number of ether oxygens (including phenoxy) is 4. The van der Waals surface area contributed by atoms with Crippen molar-refractivity contribution in [3.05, 3.63) is 47.0 Å². The van der Waals surface area contributed by atoms with Gasteiger partial charge in [0, 0.05) is 5.69 Å². The van der Waals surface area contributed by atoms with Gasteiger partial charge < -0.3 is 24.3 Å². The normalized spacial score (nSPS) is 11.3. The molecule has 0 aliphatic carbocycles. The van der Waals surface area contributed by atoms with E-state index in [-0.39, 0.29) is 16.3 Å². The molecule has 0 heterocycles. The van der Waals surface area contributed by atoms with Crippen molar-refractivity contribution in [1.29, 1.82) is 0 Å². The van der Waals surface area contributed by atoms with Gasteiger partial charge in [0.05, 0.1) is 31.9 Å². The molecule has 0 saturated carbocycles. The molecule has 7 nitrogen and oxygen atoms in total. The zero-order chi connectivity index (χ0) is 20.0. The van der Waals surface area contributed by atoms with E-state index in [4.69, 9.17) is 30.5 Å². The quantitative estimate of drug-likeness (QED) is 0.724. The molecule has 2 aromatic carbocycles. The van der Waals surface area contributed by atoms with Crippen molar-refractivity contribution in [3.63, 3.8) is 0 Å². The number of carbonyl (C=O) groups excluding carboxylic acids is 2. The van der Waals surface area contributed by atoms with Crippen LogP contribution in [0.1, 0.15) is 17.3 Å². The standard InChI is InChI=1S/C19H20ClNO6/c1-11(18(22)21-13-5-7-14(24-2)8-6-13)27-19(23)12-9-15(20)17(26-4)16(10-12)25-3/h5-11H,1-4H3,(H,21,22). The molecule has 0 radical (unpaired) electrons. The Hall–Kier alpha value is -2.93. The van der Waals surface area contributed by atoms with Gasteiger partial charge in [0.2, 0.25) is 0 Å². The monoisotopic (exact) mass is 393 g/mol. The summed E-state index contributed by atoms with van der Waals surface area (Å²) in [7, 11) is 4.41. The Bertz CT molecular complexity index is 822. The molecule has 0 saturated heterocycles. The van der Waals surface area contributed by atoms with Crippen molar-refractivity contribution in [1.82, 2.24) is 0 Å². The third kappa shape index (κ3) is 5.04. The van der Waals surface area contributed by atoms with E-state index in [9.17, 15) is 9.59 Å². The van der Waals surface area contributed by atoms with Gasteiger partial charge in [-0.3, -0.25) is 4.79 Å². The van der Waals surface area contributed by atoms with Crippen molar-refractivity contribution < 1.29 is 28.5 Å². The third-order valence-electron chi connectivity index (χ3n) is 3.68. The van der Waals surface area contributed by atoms with Crippen LogP contribution in [0.4, 0.5) is 5.69 Å². The molecule has 1 amide bonds. The van der Waals surface area contributed by atoms with Gasteiger partial charge in [-0.05, 0) is 43.3 Å². The summed E-state index contributed by atoms with van der Waals surface area (Å²) in [6, 6.07) is 9.59. The van der Waals surface area contributed by atoms with E-state index in [1.54, 1.807) is 31.4 Å². The van der Waals surface area contributed by atoms with Crippen molar-refractivity contribution in [2.75, 3.05) is 26.6 Å².